The molecule has 0 N–H and O–H groups in total. The number of carbonyl (C=O) groups is 1. The van der Waals surface area contributed by atoms with Gasteiger partial charge in [-0.3, -0.25) is 4.79 Å². The van der Waals surface area contributed by atoms with Crippen molar-refractivity contribution in [1.82, 2.24) is 0 Å². The van der Waals surface area contributed by atoms with Crippen molar-refractivity contribution < 1.29 is 22.7 Å². The van der Waals surface area contributed by atoms with Gasteiger partial charge >= 0.3 is 12.1 Å². The molecule has 0 amide bonds. The van der Waals surface area contributed by atoms with Crippen LogP contribution in [0.15, 0.2) is 0 Å². The van der Waals surface area contributed by atoms with Crippen LogP contribution in [0.25, 0.3) is 0 Å². The Morgan fingerprint density at radius 2 is 1.38 bits per heavy atom. The quantitative estimate of drug-likeness (QED) is 0.364. The second kappa shape index (κ2) is 10.1. The van der Waals surface area contributed by atoms with Gasteiger partial charge in [0, 0.05) is 0 Å². The molecule has 5 heteroatoms. The molecule has 0 bridgehead atoms. The molecule has 1 atom stereocenters. The second-order valence-corrected chi connectivity index (χ2v) is 5.79. The monoisotopic (exact) mass is 310 g/mol. The van der Waals surface area contributed by atoms with Crippen LogP contribution in [0.4, 0.5) is 13.2 Å². The van der Waals surface area contributed by atoms with E-state index in [4.69, 9.17) is 4.74 Å². The first-order chi connectivity index (χ1) is 9.79. The molecule has 126 valence electrons. The zero-order chi connectivity index (χ0) is 16.4. The van der Waals surface area contributed by atoms with Gasteiger partial charge in [-0.15, -0.1) is 0 Å². The predicted molar refractivity (Wildman–Crippen MR) is 78.0 cm³/mol. The van der Waals surface area contributed by atoms with Crippen LogP contribution in [0.1, 0.15) is 78.6 Å². The van der Waals surface area contributed by atoms with Gasteiger partial charge in [-0.1, -0.05) is 58.8 Å². The second-order valence-electron chi connectivity index (χ2n) is 5.79. The Morgan fingerprint density at radius 3 is 1.81 bits per heavy atom. The van der Waals surface area contributed by atoms with Crippen molar-refractivity contribution in [1.29, 1.82) is 0 Å². The van der Waals surface area contributed by atoms with Crippen LogP contribution >= 0.6 is 0 Å². The minimum Gasteiger partial charge on any atom is -0.465 e. The lowest BCUT2D eigenvalue weighted by atomic mass is 9.87. The number of hydrogen-bond donors (Lipinski definition) is 0. The summed E-state index contributed by atoms with van der Waals surface area (Å²) < 4.78 is 43.3. The number of unbranched alkanes of at least 4 members (excludes halogenated alkanes) is 7. The van der Waals surface area contributed by atoms with E-state index in [2.05, 4.69) is 6.92 Å². The summed E-state index contributed by atoms with van der Waals surface area (Å²) >= 11 is 0. The van der Waals surface area contributed by atoms with Crippen molar-refractivity contribution in [3.8, 4) is 0 Å². The summed E-state index contributed by atoms with van der Waals surface area (Å²) in [4.78, 5) is 11.6. The lowest BCUT2D eigenvalue weighted by molar-refractivity contribution is -0.230. The molecule has 0 rings (SSSR count). The fourth-order valence-corrected chi connectivity index (χ4v) is 2.02. The maximum atomic E-state index is 12.8. The van der Waals surface area contributed by atoms with Gasteiger partial charge in [0.05, 0.1) is 6.61 Å². The molecule has 0 radical (unpaired) electrons. The van der Waals surface area contributed by atoms with Crippen LogP contribution in [0.3, 0.4) is 0 Å². The molecule has 0 saturated heterocycles. The summed E-state index contributed by atoms with van der Waals surface area (Å²) in [5.41, 5.74) is -2.38. The van der Waals surface area contributed by atoms with Crippen molar-refractivity contribution in [2.45, 2.75) is 84.7 Å². The van der Waals surface area contributed by atoms with E-state index in [1.54, 1.807) is 0 Å². The molecule has 0 aromatic carbocycles. The number of halogens is 3. The summed E-state index contributed by atoms with van der Waals surface area (Å²) in [5.74, 6) is -1.15. The summed E-state index contributed by atoms with van der Waals surface area (Å²) in [5, 5.41) is 0. The van der Waals surface area contributed by atoms with Gasteiger partial charge in [0.1, 0.15) is 0 Å². The standard InChI is InChI=1S/C16H29F3O2/c1-4-6-7-8-9-10-11-12-13-21-14(20)15(3,5-2)16(17,18)19/h4-13H2,1-3H3. The van der Waals surface area contributed by atoms with Gasteiger partial charge in [0.15, 0.2) is 5.41 Å². The van der Waals surface area contributed by atoms with Crippen molar-refractivity contribution in [3.63, 3.8) is 0 Å². The Labute approximate surface area is 126 Å². The third kappa shape index (κ3) is 7.18. The summed E-state index contributed by atoms with van der Waals surface area (Å²) in [6.07, 6.45) is 3.78. The smallest absolute Gasteiger partial charge is 0.404 e. The van der Waals surface area contributed by atoms with E-state index >= 15 is 0 Å². The zero-order valence-corrected chi connectivity index (χ0v) is 13.5. The van der Waals surface area contributed by atoms with E-state index in [9.17, 15) is 18.0 Å². The highest BCUT2D eigenvalue weighted by Gasteiger charge is 2.56. The molecule has 21 heavy (non-hydrogen) atoms. The Hall–Kier alpha value is -0.740. The first-order valence-electron chi connectivity index (χ1n) is 8.03. The Kier molecular flexibility index (Phi) is 9.71. The molecule has 2 nitrogen and oxygen atoms in total. The molecular formula is C16H29F3O2. The normalized spacial score (nSPS) is 14.8. The lowest BCUT2D eigenvalue weighted by Gasteiger charge is -2.28. The van der Waals surface area contributed by atoms with E-state index < -0.39 is 17.6 Å². The number of esters is 1. The number of rotatable bonds is 11. The third-order valence-electron chi connectivity index (χ3n) is 4.01. The summed E-state index contributed by atoms with van der Waals surface area (Å²) in [6, 6.07) is 0. The van der Waals surface area contributed by atoms with Crippen molar-refractivity contribution in [3.05, 3.63) is 0 Å². The molecule has 0 spiro atoms. The molecule has 1 unspecified atom stereocenters. The highest BCUT2D eigenvalue weighted by atomic mass is 19.4. The van der Waals surface area contributed by atoms with E-state index in [1.807, 2.05) is 0 Å². The largest absolute Gasteiger partial charge is 0.465 e. The zero-order valence-electron chi connectivity index (χ0n) is 13.5. The molecule has 0 saturated carbocycles. The van der Waals surface area contributed by atoms with Gasteiger partial charge in [0.25, 0.3) is 0 Å². The van der Waals surface area contributed by atoms with Gasteiger partial charge in [-0.2, -0.15) is 13.2 Å². The summed E-state index contributed by atoms with van der Waals surface area (Å²) in [7, 11) is 0. The third-order valence-corrected chi connectivity index (χ3v) is 4.01. The molecule has 0 aliphatic rings. The first-order valence-corrected chi connectivity index (χ1v) is 8.03. The molecule has 0 aliphatic carbocycles. The Balaban J connectivity index is 3.80. The van der Waals surface area contributed by atoms with E-state index in [0.717, 1.165) is 26.2 Å². The summed E-state index contributed by atoms with van der Waals surface area (Å²) in [6.45, 7) is 4.51. The number of hydrogen-bond acceptors (Lipinski definition) is 2. The molecule has 0 fully saturated rings. The molecule has 0 aliphatic heterocycles. The highest BCUT2D eigenvalue weighted by Crippen LogP contribution is 2.41. The van der Waals surface area contributed by atoms with Gasteiger partial charge in [0.2, 0.25) is 0 Å². The Morgan fingerprint density at radius 1 is 0.905 bits per heavy atom. The van der Waals surface area contributed by atoms with Crippen LogP contribution in [0.2, 0.25) is 0 Å². The minimum atomic E-state index is -4.56. The molecule has 0 aromatic rings. The number of ether oxygens (including phenoxy) is 1. The van der Waals surface area contributed by atoms with Gasteiger partial charge in [-0.25, -0.2) is 0 Å². The molecule has 0 aromatic heterocycles. The van der Waals surface area contributed by atoms with Crippen molar-refractivity contribution in [2.75, 3.05) is 6.61 Å². The van der Waals surface area contributed by atoms with Crippen LogP contribution in [-0.4, -0.2) is 18.8 Å². The van der Waals surface area contributed by atoms with Crippen molar-refractivity contribution in [2.24, 2.45) is 5.41 Å². The van der Waals surface area contributed by atoms with Crippen LogP contribution < -0.4 is 0 Å². The molecule has 0 heterocycles. The number of carbonyl (C=O) groups excluding carboxylic acids is 1. The maximum absolute atomic E-state index is 12.8. The van der Waals surface area contributed by atoms with E-state index in [1.165, 1.54) is 32.6 Å². The first kappa shape index (κ1) is 20.3. The fraction of sp³-hybridized carbons (Fsp3) is 0.938. The van der Waals surface area contributed by atoms with Crippen molar-refractivity contribution >= 4 is 5.97 Å². The Bertz CT molecular complexity index is 290. The molecular weight excluding hydrogens is 281 g/mol. The minimum absolute atomic E-state index is 0.0828. The van der Waals surface area contributed by atoms with Gasteiger partial charge < -0.3 is 4.74 Å². The average molecular weight is 310 g/mol. The maximum Gasteiger partial charge on any atom is 0.404 e. The lowest BCUT2D eigenvalue weighted by Crippen LogP contribution is -2.43. The fourth-order valence-electron chi connectivity index (χ4n) is 2.02. The SMILES string of the molecule is CCCCCCCCCCOC(=O)C(C)(CC)C(F)(F)F. The predicted octanol–water partition coefficient (Wildman–Crippen LogP) is 5.65. The number of alkyl halides is 3. The van der Waals surface area contributed by atoms with E-state index in [-0.39, 0.29) is 13.0 Å². The average Bonchev–Trinajstić information content (AvgIpc) is 2.43. The van der Waals surface area contributed by atoms with Crippen LogP contribution in [0, 0.1) is 5.41 Å². The highest BCUT2D eigenvalue weighted by molar-refractivity contribution is 5.77. The van der Waals surface area contributed by atoms with Crippen LogP contribution in [-0.2, 0) is 9.53 Å². The topological polar surface area (TPSA) is 26.3 Å². The van der Waals surface area contributed by atoms with E-state index in [0.29, 0.717) is 6.42 Å². The van der Waals surface area contributed by atoms with Gasteiger partial charge in [-0.05, 0) is 19.8 Å². The van der Waals surface area contributed by atoms with Crippen LogP contribution in [0.5, 0.6) is 0 Å².